The van der Waals surface area contributed by atoms with Gasteiger partial charge >= 0.3 is 0 Å². The normalized spacial score (nSPS) is 15.3. The van der Waals surface area contributed by atoms with Gasteiger partial charge in [0, 0.05) is 28.0 Å². The van der Waals surface area contributed by atoms with Crippen molar-refractivity contribution in [1.29, 1.82) is 0 Å². The largest absolute Gasteiger partial charge is 0.317 e. The Kier molecular flexibility index (Phi) is 5.56. The lowest BCUT2D eigenvalue weighted by atomic mass is 9.97. The highest BCUT2D eigenvalue weighted by Crippen LogP contribution is 2.31. The molecule has 0 amide bonds. The number of aromatic nitrogens is 3. The van der Waals surface area contributed by atoms with Crippen LogP contribution in [0.15, 0.2) is 46.3 Å². The lowest BCUT2D eigenvalue weighted by Gasteiger charge is -2.21. The Balaban J connectivity index is 0.00000182. The number of hydrogen-bond acceptors (Lipinski definition) is 4. The second-order valence-corrected chi connectivity index (χ2v) is 6.97. The molecule has 1 fully saturated rings. The maximum Gasteiger partial charge on any atom is 0.160 e. The van der Waals surface area contributed by atoms with Crippen LogP contribution in [0.4, 0.5) is 8.78 Å². The van der Waals surface area contributed by atoms with Gasteiger partial charge < -0.3 is 5.32 Å². The van der Waals surface area contributed by atoms with Gasteiger partial charge in [-0.1, -0.05) is 11.8 Å². The molecule has 4 nitrogen and oxygen atoms in total. The predicted octanol–water partition coefficient (Wildman–Crippen LogP) is 4.05. The van der Waals surface area contributed by atoms with Gasteiger partial charge in [0.15, 0.2) is 5.65 Å². The van der Waals surface area contributed by atoms with Gasteiger partial charge in [0.1, 0.15) is 17.5 Å². The van der Waals surface area contributed by atoms with Crippen molar-refractivity contribution in [1.82, 2.24) is 19.9 Å². The van der Waals surface area contributed by atoms with Crippen molar-refractivity contribution in [2.45, 2.75) is 28.6 Å². The second kappa shape index (κ2) is 7.68. The molecule has 0 atom stereocenters. The van der Waals surface area contributed by atoms with Gasteiger partial charge in [-0.25, -0.2) is 8.78 Å². The minimum Gasteiger partial charge on any atom is -0.317 e. The average molecular weight is 383 g/mol. The summed E-state index contributed by atoms with van der Waals surface area (Å²) in [4.78, 5) is 1.26. The molecule has 132 valence electrons. The summed E-state index contributed by atoms with van der Waals surface area (Å²) in [6, 6.07) is 7.38. The van der Waals surface area contributed by atoms with Crippen molar-refractivity contribution in [3.05, 3.63) is 54.0 Å². The molecule has 4 rings (SSSR count). The highest BCUT2D eigenvalue weighted by Gasteiger charge is 2.20. The first kappa shape index (κ1) is 18.1. The highest BCUT2D eigenvalue weighted by molar-refractivity contribution is 7.99. The molecule has 0 unspecified atom stereocenters. The van der Waals surface area contributed by atoms with Gasteiger partial charge in [0.05, 0.1) is 0 Å². The standard InChI is InChI=1S/C17H16F2N4S.ClH/c18-12-1-3-15(14(19)9-12)24-13-2-4-16-21-22-17(23(16)10-13)11-5-7-20-8-6-11;/h1-4,9-11,20H,5-8H2;1H. The Hall–Kier alpha value is -1.70. The van der Waals surface area contributed by atoms with Gasteiger partial charge in [0.25, 0.3) is 0 Å². The minimum atomic E-state index is -0.570. The van der Waals surface area contributed by atoms with E-state index in [0.717, 1.165) is 48.4 Å². The SMILES string of the molecule is Cl.Fc1ccc(Sc2ccc3nnc(C4CCNCC4)n3c2)c(F)c1. The van der Waals surface area contributed by atoms with Crippen LogP contribution in [0, 0.1) is 11.6 Å². The number of piperidine rings is 1. The third-order valence-electron chi connectivity index (χ3n) is 4.23. The maximum absolute atomic E-state index is 13.9. The monoisotopic (exact) mass is 382 g/mol. The quantitative estimate of drug-likeness (QED) is 0.742. The number of halogens is 3. The number of nitrogens with one attached hydrogen (secondary N) is 1. The summed E-state index contributed by atoms with van der Waals surface area (Å²) in [6.07, 6.45) is 4.00. The molecule has 3 heterocycles. The summed E-state index contributed by atoms with van der Waals surface area (Å²) in [5, 5.41) is 11.9. The molecular weight excluding hydrogens is 366 g/mol. The molecule has 1 aliphatic heterocycles. The van der Waals surface area contributed by atoms with E-state index in [1.165, 1.54) is 23.9 Å². The number of pyridine rings is 1. The van der Waals surface area contributed by atoms with Gasteiger partial charge in [-0.15, -0.1) is 22.6 Å². The van der Waals surface area contributed by atoms with Crippen LogP contribution in [0.1, 0.15) is 24.6 Å². The van der Waals surface area contributed by atoms with Crippen molar-refractivity contribution in [3.63, 3.8) is 0 Å². The van der Waals surface area contributed by atoms with Crippen molar-refractivity contribution in [2.24, 2.45) is 0 Å². The number of benzene rings is 1. The van der Waals surface area contributed by atoms with Crippen LogP contribution < -0.4 is 5.32 Å². The zero-order valence-corrected chi connectivity index (χ0v) is 14.9. The van der Waals surface area contributed by atoms with Crippen LogP contribution in [0.25, 0.3) is 5.65 Å². The van der Waals surface area contributed by atoms with Gasteiger partial charge in [0.2, 0.25) is 0 Å². The van der Waals surface area contributed by atoms with E-state index in [1.54, 1.807) is 0 Å². The molecule has 8 heteroatoms. The number of nitrogens with zero attached hydrogens (tertiary/aromatic N) is 3. The van der Waals surface area contributed by atoms with E-state index in [2.05, 4.69) is 15.5 Å². The molecular formula is C17H17ClF2N4S. The van der Waals surface area contributed by atoms with E-state index in [1.807, 2.05) is 22.7 Å². The zero-order valence-electron chi connectivity index (χ0n) is 13.3. The van der Waals surface area contributed by atoms with E-state index >= 15 is 0 Å². The molecule has 0 bridgehead atoms. The van der Waals surface area contributed by atoms with Crippen LogP contribution in [0.3, 0.4) is 0 Å². The highest BCUT2D eigenvalue weighted by atomic mass is 35.5. The van der Waals surface area contributed by atoms with Crippen LogP contribution in [0.2, 0.25) is 0 Å². The third-order valence-corrected chi connectivity index (χ3v) is 5.26. The second-order valence-electron chi connectivity index (χ2n) is 5.85. The fraction of sp³-hybridized carbons (Fsp3) is 0.294. The van der Waals surface area contributed by atoms with Gasteiger partial charge in [-0.05, 0) is 50.2 Å². The molecule has 1 aromatic carbocycles. The summed E-state index contributed by atoms with van der Waals surface area (Å²) in [5.41, 5.74) is 0.785. The number of rotatable bonds is 3. The first-order valence-corrected chi connectivity index (χ1v) is 8.71. The predicted molar refractivity (Wildman–Crippen MR) is 95.6 cm³/mol. The Labute approximate surface area is 154 Å². The Morgan fingerprint density at radius 2 is 1.88 bits per heavy atom. The lowest BCUT2D eigenvalue weighted by molar-refractivity contribution is 0.442. The summed E-state index contributed by atoms with van der Waals surface area (Å²) < 4.78 is 28.9. The van der Waals surface area contributed by atoms with Crippen molar-refractivity contribution in [2.75, 3.05) is 13.1 Å². The molecule has 2 aromatic heterocycles. The molecule has 3 aromatic rings. The van der Waals surface area contributed by atoms with Crippen molar-refractivity contribution < 1.29 is 8.78 Å². The zero-order chi connectivity index (χ0) is 16.5. The summed E-state index contributed by atoms with van der Waals surface area (Å²) in [6.45, 7) is 1.96. The topological polar surface area (TPSA) is 42.2 Å². The Morgan fingerprint density at radius 3 is 2.64 bits per heavy atom. The van der Waals surface area contributed by atoms with E-state index in [9.17, 15) is 8.78 Å². The summed E-state index contributed by atoms with van der Waals surface area (Å²) in [7, 11) is 0. The molecule has 0 spiro atoms. The molecule has 0 radical (unpaired) electrons. The van der Waals surface area contributed by atoms with Gasteiger partial charge in [-0.2, -0.15) is 0 Å². The van der Waals surface area contributed by atoms with Crippen LogP contribution in [0.5, 0.6) is 0 Å². The minimum absolute atomic E-state index is 0. The number of fused-ring (bicyclic) bond motifs is 1. The van der Waals surface area contributed by atoms with E-state index in [-0.39, 0.29) is 12.4 Å². The molecule has 1 N–H and O–H groups in total. The van der Waals surface area contributed by atoms with Crippen LogP contribution >= 0.6 is 24.2 Å². The maximum atomic E-state index is 13.9. The van der Waals surface area contributed by atoms with E-state index in [0.29, 0.717) is 10.8 Å². The number of hydrogen-bond donors (Lipinski definition) is 1. The molecule has 0 aliphatic carbocycles. The van der Waals surface area contributed by atoms with Gasteiger partial charge in [-0.3, -0.25) is 4.40 Å². The third kappa shape index (κ3) is 3.78. The van der Waals surface area contributed by atoms with Crippen molar-refractivity contribution in [3.8, 4) is 0 Å². The summed E-state index contributed by atoms with van der Waals surface area (Å²) >= 11 is 1.27. The molecule has 0 saturated carbocycles. The smallest absolute Gasteiger partial charge is 0.160 e. The Morgan fingerprint density at radius 1 is 1.08 bits per heavy atom. The fourth-order valence-corrected chi connectivity index (χ4v) is 3.83. The van der Waals surface area contributed by atoms with Crippen LogP contribution in [-0.2, 0) is 0 Å². The van der Waals surface area contributed by atoms with E-state index < -0.39 is 11.6 Å². The molecule has 1 saturated heterocycles. The molecule has 25 heavy (non-hydrogen) atoms. The summed E-state index contributed by atoms with van der Waals surface area (Å²) in [5.74, 6) is 0.208. The van der Waals surface area contributed by atoms with Crippen LogP contribution in [-0.4, -0.2) is 27.7 Å². The first-order chi connectivity index (χ1) is 11.7. The first-order valence-electron chi connectivity index (χ1n) is 7.89. The Bertz CT molecular complexity index is 880. The van der Waals surface area contributed by atoms with Crippen molar-refractivity contribution >= 4 is 29.8 Å². The fourth-order valence-electron chi connectivity index (χ4n) is 2.99. The average Bonchev–Trinajstić information content (AvgIpc) is 3.01. The lowest BCUT2D eigenvalue weighted by Crippen LogP contribution is -2.27. The van der Waals surface area contributed by atoms with E-state index in [4.69, 9.17) is 0 Å². The molecule has 1 aliphatic rings.